The van der Waals surface area contributed by atoms with Gasteiger partial charge in [0.05, 0.1) is 0 Å². The normalized spacial score (nSPS) is 7.50. The van der Waals surface area contributed by atoms with Crippen molar-refractivity contribution in [3.05, 3.63) is 13.2 Å². The quantitative estimate of drug-likeness (QED) is 0.452. The summed E-state index contributed by atoms with van der Waals surface area (Å²) in [5.41, 5.74) is 0. The van der Waals surface area contributed by atoms with E-state index in [1.54, 1.807) is 0 Å². The van der Waals surface area contributed by atoms with Crippen LogP contribution in [0.3, 0.4) is 0 Å². The Morgan fingerprint density at radius 1 is 1.75 bits per heavy atom. The molecule has 0 aliphatic heterocycles. The van der Waals surface area contributed by atoms with Gasteiger partial charge in [-0.1, -0.05) is 0 Å². The second kappa shape index (κ2) is 3.35. The van der Waals surface area contributed by atoms with Crippen LogP contribution in [-0.2, 0) is 0 Å². The van der Waals surface area contributed by atoms with Gasteiger partial charge in [0.15, 0.2) is 0 Å². The van der Waals surface area contributed by atoms with Crippen LogP contribution in [0.25, 0.3) is 0 Å². The highest BCUT2D eigenvalue weighted by Gasteiger charge is 1.55. The average Bonchev–Trinajstić information content (AvgIpc) is 1.37. The molecule has 0 amide bonds. The molecule has 2 radical (unpaired) electrons. The minimum atomic E-state index is 0.875. The lowest BCUT2D eigenvalue weighted by Gasteiger charge is -1.69. The summed E-state index contributed by atoms with van der Waals surface area (Å²) < 4.78 is 0. The first-order chi connectivity index (χ1) is 1.91. The summed E-state index contributed by atoms with van der Waals surface area (Å²) in [6, 6.07) is 0. The van der Waals surface area contributed by atoms with Crippen LogP contribution in [0.15, 0.2) is 0 Å². The first kappa shape index (κ1) is 4.35. The molecule has 0 atom stereocenters. The van der Waals surface area contributed by atoms with Crippen LogP contribution in [-0.4, -0.2) is 5.75 Å². The van der Waals surface area contributed by atoms with Gasteiger partial charge in [-0.25, -0.2) is 0 Å². The van der Waals surface area contributed by atoms with Crippen LogP contribution in [0.4, 0.5) is 0 Å². The Labute approximate surface area is 31.6 Å². The molecule has 24 valence electrons. The monoisotopic (exact) mass is 74.0 g/mol. The zero-order valence-electron chi connectivity index (χ0n) is 2.53. The highest BCUT2D eigenvalue weighted by atomic mass is 32.2. The van der Waals surface area contributed by atoms with E-state index in [1.165, 1.54) is 11.8 Å². The Kier molecular flexibility index (Phi) is 3.64. The first-order valence-corrected chi connectivity index (χ1v) is 2.23. The van der Waals surface area contributed by atoms with Crippen molar-refractivity contribution in [2.75, 3.05) is 5.75 Å². The van der Waals surface area contributed by atoms with Crippen molar-refractivity contribution in [2.24, 2.45) is 0 Å². The van der Waals surface area contributed by atoms with Gasteiger partial charge in [0.1, 0.15) is 0 Å². The van der Waals surface area contributed by atoms with Crippen LogP contribution in [0.1, 0.15) is 0 Å². The summed E-state index contributed by atoms with van der Waals surface area (Å²) in [6.45, 7) is 3.50. The second-order valence-electron chi connectivity index (χ2n) is 0.408. The number of rotatable bonds is 1. The highest BCUT2D eigenvalue weighted by Crippen LogP contribution is 1.87. The SMILES string of the molecule is [CH2]CS[CH2]. The van der Waals surface area contributed by atoms with Gasteiger partial charge in [-0.15, -0.1) is 0 Å². The maximum atomic E-state index is 3.50. The Balaban J connectivity index is 1.97. The predicted octanol–water partition coefficient (Wildman–Crippen LogP) is 1.35. The molecule has 0 N–H and O–H groups in total. The van der Waals surface area contributed by atoms with Crippen molar-refractivity contribution in [2.45, 2.75) is 0 Å². The molecule has 0 saturated heterocycles. The van der Waals surface area contributed by atoms with E-state index >= 15 is 0 Å². The molecule has 0 bridgehead atoms. The van der Waals surface area contributed by atoms with Crippen molar-refractivity contribution < 1.29 is 0 Å². The second-order valence-corrected chi connectivity index (χ2v) is 1.22. The number of thioether (sulfide) groups is 1. The summed E-state index contributed by atoms with van der Waals surface area (Å²) in [5, 5.41) is 0. The lowest BCUT2D eigenvalue weighted by Crippen LogP contribution is -1.50. The standard InChI is InChI=1S/C3H6S/c1-3-4-2/h1-3H2. The Morgan fingerprint density at radius 3 is 2.00 bits per heavy atom. The lowest BCUT2D eigenvalue weighted by molar-refractivity contribution is 1.84. The van der Waals surface area contributed by atoms with Crippen LogP contribution >= 0.6 is 11.8 Å². The van der Waals surface area contributed by atoms with E-state index in [0.717, 1.165) is 5.75 Å². The molecule has 0 aliphatic carbocycles. The van der Waals surface area contributed by atoms with Gasteiger partial charge in [0, 0.05) is 6.26 Å². The third kappa shape index (κ3) is 2.35. The van der Waals surface area contributed by atoms with Gasteiger partial charge >= 0.3 is 0 Å². The van der Waals surface area contributed by atoms with Crippen LogP contribution < -0.4 is 0 Å². The van der Waals surface area contributed by atoms with E-state index in [4.69, 9.17) is 0 Å². The zero-order chi connectivity index (χ0) is 3.41. The van der Waals surface area contributed by atoms with Gasteiger partial charge < -0.3 is 0 Å². The maximum Gasteiger partial charge on any atom is 0.00235 e. The smallest absolute Gasteiger partial charge is 0.00235 e. The van der Waals surface area contributed by atoms with Crippen molar-refractivity contribution in [3.63, 3.8) is 0 Å². The fourth-order valence-electron chi connectivity index (χ4n) is 0. The molecular formula is C3H6S. The summed E-state index contributed by atoms with van der Waals surface area (Å²) >= 11 is 1.50. The van der Waals surface area contributed by atoms with Crippen molar-refractivity contribution >= 4 is 11.8 Å². The van der Waals surface area contributed by atoms with E-state index in [9.17, 15) is 0 Å². The molecule has 0 nitrogen and oxygen atoms in total. The lowest BCUT2D eigenvalue weighted by atomic mass is 11.0. The number of hydrogen-bond donors (Lipinski definition) is 0. The molecule has 0 unspecified atom stereocenters. The fraction of sp³-hybridized carbons (Fsp3) is 0.333. The van der Waals surface area contributed by atoms with Gasteiger partial charge in [-0.2, -0.15) is 11.8 Å². The van der Waals surface area contributed by atoms with Crippen molar-refractivity contribution in [3.8, 4) is 0 Å². The van der Waals surface area contributed by atoms with Gasteiger partial charge in [0.2, 0.25) is 0 Å². The number of hydrogen-bond acceptors (Lipinski definition) is 1. The molecule has 0 aromatic heterocycles. The Morgan fingerprint density at radius 2 is 2.00 bits per heavy atom. The Bertz CT molecular complexity index is 5.25. The van der Waals surface area contributed by atoms with E-state index in [-0.39, 0.29) is 0 Å². The molecular weight excluding hydrogens is 68.1 g/mol. The zero-order valence-corrected chi connectivity index (χ0v) is 3.35. The van der Waals surface area contributed by atoms with Crippen molar-refractivity contribution in [1.82, 2.24) is 0 Å². The molecule has 4 heavy (non-hydrogen) atoms. The highest BCUT2D eigenvalue weighted by molar-refractivity contribution is 8.00. The molecule has 0 aromatic rings. The molecule has 0 rings (SSSR count). The third-order valence-corrected chi connectivity index (χ3v) is 0.433. The first-order valence-electron chi connectivity index (χ1n) is 1.08. The summed E-state index contributed by atoms with van der Waals surface area (Å²) in [4.78, 5) is 0. The largest absolute Gasteiger partial charge is 0.161 e. The predicted molar refractivity (Wildman–Crippen MR) is 23.2 cm³/mol. The third-order valence-electron chi connectivity index (χ3n) is 0.144. The minimum absolute atomic E-state index is 0.875. The average molecular weight is 74.1 g/mol. The molecule has 0 heterocycles. The molecule has 0 aromatic carbocycles. The summed E-state index contributed by atoms with van der Waals surface area (Å²) in [7, 11) is 0. The molecule has 0 aliphatic rings. The van der Waals surface area contributed by atoms with Gasteiger partial charge in [-0.05, 0) is 12.7 Å². The molecule has 0 fully saturated rings. The maximum absolute atomic E-state index is 3.50. The topological polar surface area (TPSA) is 0 Å². The van der Waals surface area contributed by atoms with Crippen LogP contribution in [0.5, 0.6) is 0 Å². The van der Waals surface area contributed by atoms with Crippen LogP contribution in [0.2, 0.25) is 0 Å². The van der Waals surface area contributed by atoms with E-state index < -0.39 is 0 Å². The fourth-order valence-corrected chi connectivity index (χ4v) is 0. The Hall–Kier alpha value is 0.350. The molecule has 1 heteroatoms. The van der Waals surface area contributed by atoms with Crippen molar-refractivity contribution in [1.29, 1.82) is 0 Å². The van der Waals surface area contributed by atoms with Gasteiger partial charge in [0.25, 0.3) is 0 Å². The van der Waals surface area contributed by atoms with E-state index in [2.05, 4.69) is 13.2 Å². The van der Waals surface area contributed by atoms with Crippen LogP contribution in [0, 0.1) is 13.2 Å². The molecule has 0 saturated carbocycles. The minimum Gasteiger partial charge on any atom is -0.161 e. The summed E-state index contributed by atoms with van der Waals surface area (Å²) in [5.74, 6) is 0.875. The molecule has 0 spiro atoms. The summed E-state index contributed by atoms with van der Waals surface area (Å²) in [6.07, 6.45) is 3.46. The van der Waals surface area contributed by atoms with E-state index in [0.29, 0.717) is 0 Å². The van der Waals surface area contributed by atoms with Gasteiger partial charge in [-0.3, -0.25) is 0 Å². The van der Waals surface area contributed by atoms with E-state index in [1.807, 2.05) is 0 Å².